The molecule has 0 bridgehead atoms. The molecule has 0 aromatic rings. The number of nitrogens with one attached hydrogen (secondary N) is 2. The van der Waals surface area contributed by atoms with Crippen LogP contribution in [0.5, 0.6) is 0 Å². The largest absolute Gasteiger partial charge is 0.444 e. The maximum absolute atomic E-state index is 11.0. The summed E-state index contributed by atoms with van der Waals surface area (Å²) < 4.78 is 4.97. The first kappa shape index (κ1) is 13.2. The van der Waals surface area contributed by atoms with Gasteiger partial charge in [-0.2, -0.15) is 0 Å². The van der Waals surface area contributed by atoms with E-state index in [1.807, 2.05) is 0 Å². The number of hydrogen-bond acceptors (Lipinski definition) is 3. The van der Waals surface area contributed by atoms with Crippen LogP contribution >= 0.6 is 15.9 Å². The normalized spacial score (nSPS) is 10.6. The molecule has 0 aliphatic rings. The predicted molar refractivity (Wildman–Crippen MR) is 56.6 cm³/mol. The van der Waals surface area contributed by atoms with Crippen LogP contribution in [0.25, 0.3) is 0 Å². The van der Waals surface area contributed by atoms with Crippen molar-refractivity contribution in [2.24, 2.45) is 0 Å². The van der Waals surface area contributed by atoms with Crippen LogP contribution in [0.4, 0.5) is 9.59 Å². The van der Waals surface area contributed by atoms with Crippen molar-refractivity contribution in [3.05, 3.63) is 0 Å². The molecule has 0 fully saturated rings. The molecule has 0 radical (unpaired) electrons. The quantitative estimate of drug-likeness (QED) is 0.464. The first-order valence-electron chi connectivity index (χ1n) is 4.21. The lowest BCUT2D eigenvalue weighted by molar-refractivity contribution is 0.0528. The van der Waals surface area contributed by atoms with Crippen molar-refractivity contribution in [1.29, 1.82) is 0 Å². The Bertz CT molecular complexity index is 213. The molecule has 2 amide bonds. The molecule has 0 saturated heterocycles. The summed E-state index contributed by atoms with van der Waals surface area (Å²) in [5.74, 6) is 0. The summed E-state index contributed by atoms with van der Waals surface area (Å²) in [6.45, 7) is 6.06. The van der Waals surface area contributed by atoms with Crippen LogP contribution in [-0.4, -0.2) is 29.6 Å². The van der Waals surface area contributed by atoms with Crippen LogP contribution in [0, 0.1) is 0 Å². The standard InChI is InChI=1S/C8H15BrN2O3/c1-8(2,3)14-7(13)11-5-4-10-6(9)12/h4-5H2,1-3H3,(H,10,12)(H,11,13). The van der Waals surface area contributed by atoms with Crippen molar-refractivity contribution in [3.8, 4) is 0 Å². The number of amides is 2. The number of alkyl carbamates (subject to hydrolysis) is 1. The van der Waals surface area contributed by atoms with Crippen molar-refractivity contribution in [3.63, 3.8) is 0 Å². The Hall–Kier alpha value is -0.780. The van der Waals surface area contributed by atoms with Crippen LogP contribution in [0.1, 0.15) is 20.8 Å². The number of carbonyl (C=O) groups is 2. The minimum atomic E-state index is -0.497. The van der Waals surface area contributed by atoms with Gasteiger partial charge in [0.25, 0.3) is 4.82 Å². The summed E-state index contributed by atoms with van der Waals surface area (Å²) in [6, 6.07) is 0. The van der Waals surface area contributed by atoms with Gasteiger partial charge in [0.1, 0.15) is 5.60 Å². The van der Waals surface area contributed by atoms with E-state index in [1.54, 1.807) is 20.8 Å². The molecule has 0 atom stereocenters. The van der Waals surface area contributed by atoms with Crippen molar-refractivity contribution >= 4 is 26.8 Å². The Morgan fingerprint density at radius 2 is 1.71 bits per heavy atom. The highest BCUT2D eigenvalue weighted by molar-refractivity contribution is 9.18. The van der Waals surface area contributed by atoms with Gasteiger partial charge in [-0.3, -0.25) is 4.79 Å². The van der Waals surface area contributed by atoms with Gasteiger partial charge in [-0.25, -0.2) is 4.79 Å². The third kappa shape index (κ3) is 9.31. The Morgan fingerprint density at radius 1 is 1.21 bits per heavy atom. The lowest BCUT2D eigenvalue weighted by Gasteiger charge is -2.19. The van der Waals surface area contributed by atoms with E-state index in [9.17, 15) is 9.59 Å². The number of carbonyl (C=O) groups excluding carboxylic acids is 2. The van der Waals surface area contributed by atoms with Crippen LogP contribution in [0.3, 0.4) is 0 Å². The topological polar surface area (TPSA) is 67.4 Å². The summed E-state index contributed by atoms with van der Waals surface area (Å²) in [7, 11) is 0. The van der Waals surface area contributed by atoms with E-state index in [-0.39, 0.29) is 4.82 Å². The molecule has 0 rings (SSSR count). The predicted octanol–water partition coefficient (Wildman–Crippen LogP) is 1.62. The summed E-state index contributed by atoms with van der Waals surface area (Å²) in [5.41, 5.74) is -0.497. The molecule has 0 saturated carbocycles. The second kappa shape index (κ2) is 5.85. The first-order valence-corrected chi connectivity index (χ1v) is 5.01. The monoisotopic (exact) mass is 266 g/mol. The number of halogens is 1. The Balaban J connectivity index is 3.50. The zero-order chi connectivity index (χ0) is 11.2. The fraction of sp³-hybridized carbons (Fsp3) is 0.750. The summed E-state index contributed by atoms with van der Waals surface area (Å²) in [6.07, 6.45) is -0.485. The zero-order valence-electron chi connectivity index (χ0n) is 8.52. The third-order valence-corrected chi connectivity index (χ3v) is 1.34. The van der Waals surface area contributed by atoms with Gasteiger partial charge in [-0.05, 0) is 20.8 Å². The first-order chi connectivity index (χ1) is 6.31. The molecule has 2 N–H and O–H groups in total. The van der Waals surface area contributed by atoms with E-state index in [0.717, 1.165) is 0 Å². The maximum atomic E-state index is 11.0. The summed E-state index contributed by atoms with van der Waals surface area (Å²) in [5, 5.41) is 4.97. The van der Waals surface area contributed by atoms with E-state index in [1.165, 1.54) is 0 Å². The Morgan fingerprint density at radius 3 is 2.14 bits per heavy atom. The van der Waals surface area contributed by atoms with Gasteiger partial charge in [0.15, 0.2) is 0 Å². The minimum Gasteiger partial charge on any atom is -0.444 e. The van der Waals surface area contributed by atoms with Crippen molar-refractivity contribution in [2.45, 2.75) is 26.4 Å². The molecule has 5 nitrogen and oxygen atoms in total. The fourth-order valence-corrected chi connectivity index (χ4v) is 0.838. The van der Waals surface area contributed by atoms with E-state index in [4.69, 9.17) is 4.74 Å². The van der Waals surface area contributed by atoms with Gasteiger partial charge in [-0.15, -0.1) is 0 Å². The SMILES string of the molecule is CC(C)(C)OC(=O)NCCNC(=O)Br. The average molecular weight is 267 g/mol. The van der Waals surface area contributed by atoms with Gasteiger partial charge in [0.2, 0.25) is 0 Å². The number of rotatable bonds is 3. The third-order valence-electron chi connectivity index (χ3n) is 1.06. The van der Waals surface area contributed by atoms with E-state index < -0.39 is 11.7 Å². The molecular formula is C8H15BrN2O3. The van der Waals surface area contributed by atoms with E-state index >= 15 is 0 Å². The molecule has 0 aliphatic heterocycles. The average Bonchev–Trinajstić information content (AvgIpc) is 1.94. The van der Waals surface area contributed by atoms with E-state index in [0.29, 0.717) is 13.1 Å². The maximum Gasteiger partial charge on any atom is 0.407 e. The fourth-order valence-electron chi connectivity index (χ4n) is 0.640. The van der Waals surface area contributed by atoms with Crippen molar-refractivity contribution < 1.29 is 14.3 Å². The number of ether oxygens (including phenoxy) is 1. The highest BCUT2D eigenvalue weighted by Gasteiger charge is 2.15. The molecule has 0 aromatic carbocycles. The van der Waals surface area contributed by atoms with Crippen molar-refractivity contribution in [1.82, 2.24) is 10.6 Å². The second-order valence-corrected chi connectivity index (χ2v) is 4.35. The van der Waals surface area contributed by atoms with E-state index in [2.05, 4.69) is 26.6 Å². The molecule has 0 aliphatic carbocycles. The van der Waals surface area contributed by atoms with Gasteiger partial charge < -0.3 is 15.4 Å². The lowest BCUT2D eigenvalue weighted by Crippen LogP contribution is -2.36. The minimum absolute atomic E-state index is 0.302. The van der Waals surface area contributed by atoms with Crippen LogP contribution in [-0.2, 0) is 4.74 Å². The molecule has 14 heavy (non-hydrogen) atoms. The van der Waals surface area contributed by atoms with Crippen LogP contribution in [0.2, 0.25) is 0 Å². The van der Waals surface area contributed by atoms with Crippen molar-refractivity contribution in [2.75, 3.05) is 13.1 Å². The van der Waals surface area contributed by atoms with Gasteiger partial charge in [0, 0.05) is 29.0 Å². The van der Waals surface area contributed by atoms with Crippen LogP contribution in [0.15, 0.2) is 0 Å². The lowest BCUT2D eigenvalue weighted by atomic mass is 10.2. The smallest absolute Gasteiger partial charge is 0.407 e. The van der Waals surface area contributed by atoms with Gasteiger partial charge in [-0.1, -0.05) is 0 Å². The molecule has 0 unspecified atom stereocenters. The Kier molecular flexibility index (Phi) is 5.52. The molecule has 6 heteroatoms. The summed E-state index contributed by atoms with van der Waals surface area (Å²) >= 11 is 2.70. The highest BCUT2D eigenvalue weighted by atomic mass is 79.9. The van der Waals surface area contributed by atoms with Gasteiger partial charge in [0.05, 0.1) is 0 Å². The highest BCUT2D eigenvalue weighted by Crippen LogP contribution is 2.05. The number of hydrogen-bond donors (Lipinski definition) is 2. The Labute approximate surface area is 91.7 Å². The molecule has 0 spiro atoms. The summed E-state index contributed by atoms with van der Waals surface area (Å²) in [4.78, 5) is 21.1. The van der Waals surface area contributed by atoms with Crippen LogP contribution < -0.4 is 10.6 Å². The zero-order valence-corrected chi connectivity index (χ0v) is 10.1. The second-order valence-electron chi connectivity index (χ2n) is 3.63. The molecule has 0 heterocycles. The molecule has 82 valence electrons. The molecule has 0 aromatic heterocycles. The molecular weight excluding hydrogens is 252 g/mol. The van der Waals surface area contributed by atoms with Gasteiger partial charge >= 0.3 is 6.09 Å².